The fourth-order valence-corrected chi connectivity index (χ4v) is 2.56. The first-order valence-electron chi connectivity index (χ1n) is 6.76. The molecule has 0 amide bonds. The van der Waals surface area contributed by atoms with Crippen LogP contribution < -0.4 is 4.74 Å². The van der Waals surface area contributed by atoms with Crippen LogP contribution in [0.3, 0.4) is 0 Å². The van der Waals surface area contributed by atoms with E-state index >= 15 is 0 Å². The van der Waals surface area contributed by atoms with Crippen molar-refractivity contribution in [3.05, 3.63) is 29.8 Å². The summed E-state index contributed by atoms with van der Waals surface area (Å²) in [6, 6.07) is 6.59. The van der Waals surface area contributed by atoms with E-state index in [1.165, 1.54) is 0 Å². The van der Waals surface area contributed by atoms with E-state index in [0.29, 0.717) is 30.7 Å². The van der Waals surface area contributed by atoms with Crippen LogP contribution in [0.4, 0.5) is 0 Å². The first-order chi connectivity index (χ1) is 9.61. The van der Waals surface area contributed by atoms with Crippen molar-refractivity contribution in [2.24, 2.45) is 0 Å². The molecule has 1 N–H and O–H groups in total. The SMILES string of the molecule is COc1cccc(C(=O)CCN2CCCC2C(=O)O)c1. The summed E-state index contributed by atoms with van der Waals surface area (Å²) < 4.78 is 5.09. The van der Waals surface area contributed by atoms with Crippen LogP contribution in [0.15, 0.2) is 24.3 Å². The largest absolute Gasteiger partial charge is 0.497 e. The zero-order valence-corrected chi connectivity index (χ0v) is 11.5. The summed E-state index contributed by atoms with van der Waals surface area (Å²) in [5.74, 6) is -0.128. The molecule has 0 spiro atoms. The highest BCUT2D eigenvalue weighted by atomic mass is 16.5. The van der Waals surface area contributed by atoms with Crippen molar-refractivity contribution >= 4 is 11.8 Å². The van der Waals surface area contributed by atoms with Gasteiger partial charge in [0.15, 0.2) is 5.78 Å². The average molecular weight is 277 g/mol. The monoisotopic (exact) mass is 277 g/mol. The standard InChI is InChI=1S/C15H19NO4/c1-20-12-5-2-4-11(10-12)14(17)7-9-16-8-3-6-13(16)15(18)19/h2,4-5,10,13H,3,6-9H2,1H3,(H,18,19). The van der Waals surface area contributed by atoms with Gasteiger partial charge in [0.1, 0.15) is 11.8 Å². The highest BCUT2D eigenvalue weighted by Gasteiger charge is 2.30. The van der Waals surface area contributed by atoms with Crippen molar-refractivity contribution in [2.75, 3.05) is 20.2 Å². The number of rotatable bonds is 6. The smallest absolute Gasteiger partial charge is 0.320 e. The molecule has 0 aliphatic carbocycles. The van der Waals surface area contributed by atoms with Crippen molar-refractivity contribution < 1.29 is 19.4 Å². The van der Waals surface area contributed by atoms with Gasteiger partial charge in [-0.05, 0) is 31.5 Å². The third kappa shape index (κ3) is 3.36. The number of aliphatic carboxylic acids is 1. The molecule has 1 unspecified atom stereocenters. The third-order valence-corrected chi connectivity index (χ3v) is 3.67. The van der Waals surface area contributed by atoms with E-state index in [9.17, 15) is 9.59 Å². The highest BCUT2D eigenvalue weighted by molar-refractivity contribution is 5.96. The molecule has 1 atom stereocenters. The molecule has 0 aromatic heterocycles. The summed E-state index contributed by atoms with van der Waals surface area (Å²) in [6.07, 6.45) is 1.88. The van der Waals surface area contributed by atoms with Crippen molar-refractivity contribution in [1.82, 2.24) is 4.90 Å². The number of ketones is 1. The zero-order valence-electron chi connectivity index (χ0n) is 11.5. The van der Waals surface area contributed by atoms with Gasteiger partial charge in [-0.25, -0.2) is 0 Å². The summed E-state index contributed by atoms with van der Waals surface area (Å²) in [7, 11) is 1.56. The second kappa shape index (κ2) is 6.52. The molecule has 108 valence electrons. The molecule has 1 aliphatic rings. The molecule has 1 aliphatic heterocycles. The van der Waals surface area contributed by atoms with E-state index in [2.05, 4.69) is 0 Å². The molecule has 1 heterocycles. The number of Topliss-reactive ketones (excluding diaryl/α,β-unsaturated/α-hetero) is 1. The topological polar surface area (TPSA) is 66.8 Å². The van der Waals surface area contributed by atoms with Crippen LogP contribution in [0.1, 0.15) is 29.6 Å². The van der Waals surface area contributed by atoms with E-state index < -0.39 is 12.0 Å². The quantitative estimate of drug-likeness (QED) is 0.803. The highest BCUT2D eigenvalue weighted by Crippen LogP contribution is 2.19. The number of carbonyl (C=O) groups excluding carboxylic acids is 1. The van der Waals surface area contributed by atoms with Gasteiger partial charge in [0.25, 0.3) is 0 Å². The maximum atomic E-state index is 12.1. The van der Waals surface area contributed by atoms with Gasteiger partial charge < -0.3 is 9.84 Å². The van der Waals surface area contributed by atoms with Gasteiger partial charge >= 0.3 is 5.97 Å². The fraction of sp³-hybridized carbons (Fsp3) is 0.467. The lowest BCUT2D eigenvalue weighted by molar-refractivity contribution is -0.142. The molecule has 0 radical (unpaired) electrons. The average Bonchev–Trinajstić information content (AvgIpc) is 2.93. The minimum Gasteiger partial charge on any atom is -0.497 e. The molecule has 20 heavy (non-hydrogen) atoms. The Balaban J connectivity index is 1.93. The minimum atomic E-state index is -0.795. The predicted molar refractivity (Wildman–Crippen MR) is 74.2 cm³/mol. The van der Waals surface area contributed by atoms with Crippen LogP contribution >= 0.6 is 0 Å². The van der Waals surface area contributed by atoms with Crippen molar-refractivity contribution in [1.29, 1.82) is 0 Å². The summed E-state index contributed by atoms with van der Waals surface area (Å²) >= 11 is 0. The number of benzene rings is 1. The lowest BCUT2D eigenvalue weighted by Crippen LogP contribution is -2.37. The Morgan fingerprint density at radius 2 is 2.25 bits per heavy atom. The molecular weight excluding hydrogens is 258 g/mol. The summed E-state index contributed by atoms with van der Waals surface area (Å²) in [4.78, 5) is 25.1. The number of ether oxygens (including phenoxy) is 1. The molecule has 5 heteroatoms. The van der Waals surface area contributed by atoms with Gasteiger partial charge in [0, 0.05) is 18.5 Å². The molecular formula is C15H19NO4. The number of hydrogen-bond acceptors (Lipinski definition) is 4. The third-order valence-electron chi connectivity index (χ3n) is 3.67. The number of carboxylic acids is 1. The molecule has 1 aromatic carbocycles. The number of nitrogens with zero attached hydrogens (tertiary/aromatic N) is 1. The lowest BCUT2D eigenvalue weighted by atomic mass is 10.1. The van der Waals surface area contributed by atoms with E-state index in [1.54, 1.807) is 31.4 Å². The minimum absolute atomic E-state index is 0.0138. The lowest BCUT2D eigenvalue weighted by Gasteiger charge is -2.20. The Hall–Kier alpha value is -1.88. The summed E-state index contributed by atoms with van der Waals surface area (Å²) in [6.45, 7) is 1.25. The molecule has 1 fully saturated rings. The summed E-state index contributed by atoms with van der Waals surface area (Å²) in [5.41, 5.74) is 0.607. The second-order valence-electron chi connectivity index (χ2n) is 4.94. The predicted octanol–water partition coefficient (Wildman–Crippen LogP) is 1.82. The van der Waals surface area contributed by atoms with E-state index in [0.717, 1.165) is 13.0 Å². The van der Waals surface area contributed by atoms with E-state index in [4.69, 9.17) is 9.84 Å². The summed E-state index contributed by atoms with van der Waals surface area (Å²) in [5, 5.41) is 9.09. The molecule has 2 rings (SSSR count). The second-order valence-corrected chi connectivity index (χ2v) is 4.94. The Bertz CT molecular complexity index is 500. The molecule has 0 bridgehead atoms. The molecule has 1 saturated heterocycles. The Morgan fingerprint density at radius 1 is 1.45 bits per heavy atom. The first-order valence-corrected chi connectivity index (χ1v) is 6.76. The van der Waals surface area contributed by atoms with Crippen LogP contribution in [-0.4, -0.2) is 48.0 Å². The number of hydrogen-bond donors (Lipinski definition) is 1. The molecule has 0 saturated carbocycles. The number of carboxylic acid groups (broad SMARTS) is 1. The van der Waals surface area contributed by atoms with Crippen molar-refractivity contribution in [3.8, 4) is 5.75 Å². The normalized spacial score (nSPS) is 18.9. The number of likely N-dealkylation sites (tertiary alicyclic amines) is 1. The Kier molecular flexibility index (Phi) is 4.74. The number of methoxy groups -OCH3 is 1. The van der Waals surface area contributed by atoms with Gasteiger partial charge in [-0.15, -0.1) is 0 Å². The van der Waals surface area contributed by atoms with Gasteiger partial charge in [-0.3, -0.25) is 14.5 Å². The molecule has 5 nitrogen and oxygen atoms in total. The van der Waals surface area contributed by atoms with Crippen LogP contribution in [0.2, 0.25) is 0 Å². The van der Waals surface area contributed by atoms with Gasteiger partial charge in [-0.2, -0.15) is 0 Å². The number of carbonyl (C=O) groups is 2. The van der Waals surface area contributed by atoms with Gasteiger partial charge in [0.2, 0.25) is 0 Å². The maximum Gasteiger partial charge on any atom is 0.320 e. The molecule has 1 aromatic rings. The van der Waals surface area contributed by atoms with Crippen LogP contribution in [0, 0.1) is 0 Å². The first kappa shape index (κ1) is 14.5. The Labute approximate surface area is 118 Å². The van der Waals surface area contributed by atoms with Crippen molar-refractivity contribution in [3.63, 3.8) is 0 Å². The van der Waals surface area contributed by atoms with E-state index in [-0.39, 0.29) is 5.78 Å². The van der Waals surface area contributed by atoms with Gasteiger partial charge in [-0.1, -0.05) is 12.1 Å². The van der Waals surface area contributed by atoms with Crippen LogP contribution in [0.25, 0.3) is 0 Å². The van der Waals surface area contributed by atoms with E-state index in [1.807, 2.05) is 4.90 Å². The fourth-order valence-electron chi connectivity index (χ4n) is 2.56. The van der Waals surface area contributed by atoms with Crippen molar-refractivity contribution in [2.45, 2.75) is 25.3 Å². The Morgan fingerprint density at radius 3 is 2.95 bits per heavy atom. The van der Waals surface area contributed by atoms with Crippen LogP contribution in [0.5, 0.6) is 5.75 Å². The maximum absolute atomic E-state index is 12.1. The zero-order chi connectivity index (χ0) is 14.5. The van der Waals surface area contributed by atoms with Crippen LogP contribution in [-0.2, 0) is 4.79 Å². The van der Waals surface area contributed by atoms with Gasteiger partial charge in [0.05, 0.1) is 7.11 Å².